The van der Waals surface area contributed by atoms with Crippen molar-refractivity contribution in [1.29, 1.82) is 0 Å². The summed E-state index contributed by atoms with van der Waals surface area (Å²) in [5, 5.41) is 14.2. The second-order valence-corrected chi connectivity index (χ2v) is 6.55. The molecule has 0 saturated carbocycles. The predicted molar refractivity (Wildman–Crippen MR) is 84.6 cm³/mol. The molecular formula is C16H19ClN2O2. The number of halogens is 1. The van der Waals surface area contributed by atoms with Gasteiger partial charge in [0.25, 0.3) is 5.91 Å². The summed E-state index contributed by atoms with van der Waals surface area (Å²) in [6, 6.07) is 8.91. The van der Waals surface area contributed by atoms with Crippen LogP contribution >= 0.6 is 11.6 Å². The molecule has 112 valence electrons. The summed E-state index contributed by atoms with van der Waals surface area (Å²) < 4.78 is 0. The van der Waals surface area contributed by atoms with E-state index in [2.05, 4.69) is 10.3 Å². The molecule has 2 N–H and O–H groups in total. The Morgan fingerprint density at radius 1 is 1.24 bits per heavy atom. The third-order valence-electron chi connectivity index (χ3n) is 3.85. The number of nitrogens with one attached hydrogen (secondary N) is 1. The van der Waals surface area contributed by atoms with Gasteiger partial charge < -0.3 is 10.4 Å². The number of benzene rings is 1. The van der Waals surface area contributed by atoms with E-state index in [0.717, 1.165) is 5.39 Å². The summed E-state index contributed by atoms with van der Waals surface area (Å²) in [6.45, 7) is 6.81. The zero-order chi connectivity index (χ0) is 15.8. The van der Waals surface area contributed by atoms with Gasteiger partial charge >= 0.3 is 0 Å². The van der Waals surface area contributed by atoms with Crippen LogP contribution in [0.15, 0.2) is 30.3 Å². The highest BCUT2D eigenvalue weighted by Crippen LogP contribution is 2.24. The van der Waals surface area contributed by atoms with Crippen molar-refractivity contribution in [2.75, 3.05) is 0 Å². The van der Waals surface area contributed by atoms with Crippen molar-refractivity contribution in [3.63, 3.8) is 0 Å². The van der Waals surface area contributed by atoms with Crippen molar-refractivity contribution in [3.8, 4) is 0 Å². The third kappa shape index (κ3) is 3.17. The van der Waals surface area contributed by atoms with Crippen molar-refractivity contribution < 1.29 is 9.90 Å². The molecule has 0 aliphatic heterocycles. The second kappa shape index (κ2) is 5.28. The van der Waals surface area contributed by atoms with Gasteiger partial charge in [-0.3, -0.25) is 4.79 Å². The first-order valence-electron chi connectivity index (χ1n) is 6.72. The van der Waals surface area contributed by atoms with Gasteiger partial charge in [0.2, 0.25) is 0 Å². The molecule has 0 spiro atoms. The fraction of sp³-hybridized carbons (Fsp3) is 0.375. The van der Waals surface area contributed by atoms with Crippen molar-refractivity contribution >= 4 is 28.4 Å². The average molecular weight is 307 g/mol. The highest BCUT2D eigenvalue weighted by molar-refractivity contribution is 6.35. The van der Waals surface area contributed by atoms with Gasteiger partial charge in [0, 0.05) is 5.39 Å². The van der Waals surface area contributed by atoms with Gasteiger partial charge in [0.1, 0.15) is 5.69 Å². The minimum atomic E-state index is -1.07. The van der Waals surface area contributed by atoms with Gasteiger partial charge in [0.05, 0.1) is 21.7 Å². The molecule has 1 aromatic heterocycles. The Morgan fingerprint density at radius 2 is 1.86 bits per heavy atom. The van der Waals surface area contributed by atoms with Crippen LogP contribution in [0.25, 0.3) is 10.9 Å². The SMILES string of the molecule is CC(C)(O)C(C)(C)NC(=O)c1cc(Cl)c2ccccc2n1. The van der Waals surface area contributed by atoms with E-state index in [9.17, 15) is 9.90 Å². The maximum absolute atomic E-state index is 12.4. The molecule has 1 amide bonds. The van der Waals surface area contributed by atoms with Gasteiger partial charge in [-0.2, -0.15) is 0 Å². The number of carbonyl (C=O) groups is 1. The van der Waals surface area contributed by atoms with Crippen LogP contribution in [0.2, 0.25) is 5.02 Å². The number of amides is 1. The molecule has 1 heterocycles. The highest BCUT2D eigenvalue weighted by Gasteiger charge is 2.36. The molecule has 0 bridgehead atoms. The minimum absolute atomic E-state index is 0.232. The summed E-state index contributed by atoms with van der Waals surface area (Å²) in [5.74, 6) is -0.366. The van der Waals surface area contributed by atoms with E-state index >= 15 is 0 Å². The number of aromatic nitrogens is 1. The zero-order valence-electron chi connectivity index (χ0n) is 12.6. The number of para-hydroxylation sites is 1. The van der Waals surface area contributed by atoms with E-state index in [1.165, 1.54) is 0 Å². The Hall–Kier alpha value is -1.65. The summed E-state index contributed by atoms with van der Waals surface area (Å²) >= 11 is 6.20. The molecule has 0 aliphatic carbocycles. The summed E-state index contributed by atoms with van der Waals surface area (Å²) in [4.78, 5) is 16.7. The molecule has 0 saturated heterocycles. The van der Waals surface area contributed by atoms with E-state index in [0.29, 0.717) is 10.5 Å². The zero-order valence-corrected chi connectivity index (χ0v) is 13.3. The molecule has 2 aromatic rings. The Kier molecular flexibility index (Phi) is 3.95. The lowest BCUT2D eigenvalue weighted by Crippen LogP contribution is -2.57. The molecule has 0 aliphatic rings. The van der Waals surface area contributed by atoms with E-state index < -0.39 is 11.1 Å². The maximum atomic E-state index is 12.4. The van der Waals surface area contributed by atoms with Gasteiger partial charge in [-0.05, 0) is 39.8 Å². The first kappa shape index (κ1) is 15.7. The summed E-state index contributed by atoms with van der Waals surface area (Å²) in [7, 11) is 0. The standard InChI is InChI=1S/C16H19ClN2O2/c1-15(2,16(3,4)21)19-14(20)13-9-11(17)10-7-5-6-8-12(10)18-13/h5-9,21H,1-4H3,(H,19,20). The van der Waals surface area contributed by atoms with Crippen molar-refractivity contribution in [1.82, 2.24) is 10.3 Å². The van der Waals surface area contributed by atoms with Crippen LogP contribution in [0.4, 0.5) is 0 Å². The normalized spacial score (nSPS) is 12.5. The van der Waals surface area contributed by atoms with Crippen LogP contribution in [0, 0.1) is 0 Å². The monoisotopic (exact) mass is 306 g/mol. The molecule has 2 rings (SSSR count). The first-order chi connectivity index (χ1) is 9.62. The molecule has 0 atom stereocenters. The summed E-state index contributed by atoms with van der Waals surface area (Å²) in [6.07, 6.45) is 0. The lowest BCUT2D eigenvalue weighted by atomic mass is 9.86. The van der Waals surface area contributed by atoms with E-state index in [1.807, 2.05) is 18.2 Å². The Bertz CT molecular complexity index is 690. The number of hydrogen-bond donors (Lipinski definition) is 2. The molecule has 0 radical (unpaired) electrons. The number of aliphatic hydroxyl groups is 1. The Balaban J connectivity index is 2.37. The number of carbonyl (C=O) groups excluding carboxylic acids is 1. The minimum Gasteiger partial charge on any atom is -0.388 e. The smallest absolute Gasteiger partial charge is 0.270 e. The molecule has 5 heteroatoms. The highest BCUT2D eigenvalue weighted by atomic mass is 35.5. The van der Waals surface area contributed by atoms with Gasteiger partial charge in [-0.25, -0.2) is 4.98 Å². The van der Waals surface area contributed by atoms with Crippen LogP contribution in [0.3, 0.4) is 0 Å². The lowest BCUT2D eigenvalue weighted by Gasteiger charge is -2.37. The average Bonchev–Trinajstić information content (AvgIpc) is 2.36. The van der Waals surface area contributed by atoms with E-state index in [-0.39, 0.29) is 11.6 Å². The number of hydrogen-bond acceptors (Lipinski definition) is 3. The maximum Gasteiger partial charge on any atom is 0.270 e. The largest absolute Gasteiger partial charge is 0.388 e. The topological polar surface area (TPSA) is 62.2 Å². The van der Waals surface area contributed by atoms with Crippen molar-refractivity contribution in [3.05, 3.63) is 41.0 Å². The van der Waals surface area contributed by atoms with Crippen LogP contribution < -0.4 is 5.32 Å². The van der Waals surface area contributed by atoms with E-state index in [1.54, 1.807) is 39.8 Å². The fourth-order valence-corrected chi connectivity index (χ4v) is 2.01. The fourth-order valence-electron chi connectivity index (χ4n) is 1.75. The van der Waals surface area contributed by atoms with E-state index in [4.69, 9.17) is 11.6 Å². The van der Waals surface area contributed by atoms with Crippen LogP contribution in [0.1, 0.15) is 38.2 Å². The molecule has 0 fully saturated rings. The Morgan fingerprint density at radius 3 is 2.48 bits per heavy atom. The lowest BCUT2D eigenvalue weighted by molar-refractivity contribution is -0.00301. The molecule has 0 unspecified atom stereocenters. The van der Waals surface area contributed by atoms with Crippen LogP contribution in [0.5, 0.6) is 0 Å². The molecule has 4 nitrogen and oxygen atoms in total. The van der Waals surface area contributed by atoms with Gasteiger partial charge in [0.15, 0.2) is 0 Å². The number of nitrogens with zero attached hydrogens (tertiary/aromatic N) is 1. The third-order valence-corrected chi connectivity index (χ3v) is 4.17. The molecule has 1 aromatic carbocycles. The van der Waals surface area contributed by atoms with Crippen molar-refractivity contribution in [2.45, 2.75) is 38.8 Å². The van der Waals surface area contributed by atoms with Gasteiger partial charge in [-0.1, -0.05) is 29.8 Å². The number of fused-ring (bicyclic) bond motifs is 1. The Labute approximate surface area is 129 Å². The van der Waals surface area contributed by atoms with Crippen molar-refractivity contribution in [2.24, 2.45) is 0 Å². The number of pyridine rings is 1. The first-order valence-corrected chi connectivity index (χ1v) is 7.10. The summed E-state index contributed by atoms with van der Waals surface area (Å²) in [5.41, 5.74) is -0.972. The predicted octanol–water partition coefficient (Wildman–Crippen LogP) is 3.17. The van der Waals surface area contributed by atoms with Crippen LogP contribution in [-0.4, -0.2) is 27.1 Å². The molecular weight excluding hydrogens is 288 g/mol. The quantitative estimate of drug-likeness (QED) is 0.915. The van der Waals surface area contributed by atoms with Crippen LogP contribution in [-0.2, 0) is 0 Å². The molecule has 21 heavy (non-hydrogen) atoms. The number of rotatable bonds is 3. The second-order valence-electron chi connectivity index (χ2n) is 6.14. The van der Waals surface area contributed by atoms with Gasteiger partial charge in [-0.15, -0.1) is 0 Å².